The molecule has 0 spiro atoms. The van der Waals surface area contributed by atoms with E-state index in [-0.39, 0.29) is 0 Å². The molecule has 0 heterocycles. The molecule has 0 radical (unpaired) electrons. The molecule has 3 heteroatoms. The minimum atomic E-state index is 0.521. The van der Waals surface area contributed by atoms with Crippen LogP contribution in [-0.2, 0) is 0 Å². The van der Waals surface area contributed by atoms with Gasteiger partial charge in [0.2, 0.25) is 0 Å². The molecule has 0 saturated heterocycles. The maximum atomic E-state index is 5.31. The van der Waals surface area contributed by atoms with Crippen molar-refractivity contribution in [1.29, 1.82) is 0 Å². The predicted octanol–water partition coefficient (Wildman–Crippen LogP) is 2.00. The lowest BCUT2D eigenvalue weighted by Gasteiger charge is -2.29. The summed E-state index contributed by atoms with van der Waals surface area (Å²) in [7, 11) is 0. The van der Waals surface area contributed by atoms with E-state index in [9.17, 15) is 0 Å². The quantitative estimate of drug-likeness (QED) is 0.699. The zero-order valence-electron chi connectivity index (χ0n) is 8.84. The van der Waals surface area contributed by atoms with Gasteiger partial charge in [-0.25, -0.2) is 0 Å². The second-order valence-electron chi connectivity index (χ2n) is 4.02. The van der Waals surface area contributed by atoms with E-state index in [1.807, 2.05) is 0 Å². The van der Waals surface area contributed by atoms with E-state index in [0.29, 0.717) is 6.04 Å². The van der Waals surface area contributed by atoms with Crippen LogP contribution >= 0.6 is 12.2 Å². The zero-order chi connectivity index (χ0) is 9.84. The molecule has 0 unspecified atom stereocenters. The van der Waals surface area contributed by atoms with E-state index in [1.54, 1.807) is 0 Å². The van der Waals surface area contributed by atoms with Crippen molar-refractivity contribution < 1.29 is 0 Å². The Hall–Kier alpha value is -0.310. The summed E-state index contributed by atoms with van der Waals surface area (Å²) in [4.78, 5) is 2.30. The molecule has 0 amide bonds. The first kappa shape index (κ1) is 10.8. The van der Waals surface area contributed by atoms with Crippen LogP contribution in [0.3, 0.4) is 0 Å². The Labute approximate surface area is 86.7 Å². The highest BCUT2D eigenvalue weighted by molar-refractivity contribution is 7.80. The van der Waals surface area contributed by atoms with Crippen LogP contribution in [0.5, 0.6) is 0 Å². The Kier molecular flexibility index (Phi) is 3.97. The van der Waals surface area contributed by atoms with Gasteiger partial charge in [-0.2, -0.15) is 0 Å². The van der Waals surface area contributed by atoms with Gasteiger partial charge in [-0.1, -0.05) is 0 Å². The van der Waals surface area contributed by atoms with Gasteiger partial charge in [0.05, 0.1) is 0 Å². The molecule has 1 aliphatic carbocycles. The van der Waals surface area contributed by atoms with Crippen molar-refractivity contribution in [2.24, 2.45) is 5.92 Å². The summed E-state index contributed by atoms with van der Waals surface area (Å²) in [6.45, 7) is 8.55. The van der Waals surface area contributed by atoms with E-state index >= 15 is 0 Å². The standard InChI is InChI=1S/C10H20N2S/c1-4-11-10(13)12(8(2)3)7-9-5-6-9/h8-9H,4-7H2,1-3H3,(H,11,13). The molecule has 1 aliphatic rings. The lowest BCUT2D eigenvalue weighted by molar-refractivity contribution is 0.332. The molecule has 1 N–H and O–H groups in total. The van der Waals surface area contributed by atoms with E-state index in [2.05, 4.69) is 31.0 Å². The van der Waals surface area contributed by atoms with E-state index in [4.69, 9.17) is 12.2 Å². The van der Waals surface area contributed by atoms with Crippen LogP contribution in [0.4, 0.5) is 0 Å². The molecular weight excluding hydrogens is 180 g/mol. The minimum absolute atomic E-state index is 0.521. The fourth-order valence-electron chi connectivity index (χ4n) is 1.36. The van der Waals surface area contributed by atoms with Crippen LogP contribution in [0.25, 0.3) is 0 Å². The first-order valence-electron chi connectivity index (χ1n) is 5.19. The number of hydrogen-bond donors (Lipinski definition) is 1. The van der Waals surface area contributed by atoms with Crippen LogP contribution in [0.15, 0.2) is 0 Å². The van der Waals surface area contributed by atoms with E-state index < -0.39 is 0 Å². The molecule has 1 rings (SSSR count). The predicted molar refractivity (Wildman–Crippen MR) is 60.8 cm³/mol. The number of hydrogen-bond acceptors (Lipinski definition) is 1. The molecule has 0 aromatic heterocycles. The van der Waals surface area contributed by atoms with Crippen LogP contribution in [-0.4, -0.2) is 29.1 Å². The molecule has 0 bridgehead atoms. The summed E-state index contributed by atoms with van der Waals surface area (Å²) in [5, 5.41) is 4.14. The minimum Gasteiger partial charge on any atom is -0.363 e. The summed E-state index contributed by atoms with van der Waals surface area (Å²) in [6.07, 6.45) is 2.77. The summed E-state index contributed by atoms with van der Waals surface area (Å²) in [6, 6.07) is 0.521. The summed E-state index contributed by atoms with van der Waals surface area (Å²) < 4.78 is 0. The van der Waals surface area contributed by atoms with Gasteiger partial charge in [0.1, 0.15) is 0 Å². The second-order valence-corrected chi connectivity index (χ2v) is 4.41. The first-order valence-corrected chi connectivity index (χ1v) is 5.60. The van der Waals surface area contributed by atoms with E-state index in [0.717, 1.165) is 24.1 Å². The van der Waals surface area contributed by atoms with Crippen LogP contribution in [0, 0.1) is 5.92 Å². The lowest BCUT2D eigenvalue weighted by Crippen LogP contribution is -2.44. The molecule has 0 atom stereocenters. The number of nitrogens with zero attached hydrogens (tertiary/aromatic N) is 1. The van der Waals surface area contributed by atoms with Gasteiger partial charge >= 0.3 is 0 Å². The van der Waals surface area contributed by atoms with Gasteiger partial charge in [-0.3, -0.25) is 0 Å². The molecule has 2 nitrogen and oxygen atoms in total. The smallest absolute Gasteiger partial charge is 0.169 e. The average Bonchev–Trinajstić information content (AvgIpc) is 2.83. The highest BCUT2D eigenvalue weighted by Crippen LogP contribution is 2.30. The monoisotopic (exact) mass is 200 g/mol. The molecule has 0 aromatic carbocycles. The Morgan fingerprint density at radius 1 is 1.54 bits per heavy atom. The van der Waals surface area contributed by atoms with Gasteiger partial charge in [0.25, 0.3) is 0 Å². The first-order chi connectivity index (χ1) is 6.15. The molecule has 1 fully saturated rings. The molecule has 0 aromatic rings. The highest BCUT2D eigenvalue weighted by Gasteiger charge is 2.26. The Morgan fingerprint density at radius 2 is 2.15 bits per heavy atom. The third-order valence-corrected chi connectivity index (χ3v) is 2.74. The maximum absolute atomic E-state index is 5.31. The third-order valence-electron chi connectivity index (χ3n) is 2.36. The SMILES string of the molecule is CCNC(=S)N(CC1CC1)C(C)C. The summed E-state index contributed by atoms with van der Waals surface area (Å²) >= 11 is 5.31. The Balaban J connectivity index is 2.39. The maximum Gasteiger partial charge on any atom is 0.169 e. The number of rotatable bonds is 4. The van der Waals surface area contributed by atoms with Gasteiger partial charge < -0.3 is 10.2 Å². The van der Waals surface area contributed by atoms with Crippen molar-refractivity contribution in [1.82, 2.24) is 10.2 Å². The van der Waals surface area contributed by atoms with Crippen molar-refractivity contribution >= 4 is 17.3 Å². The van der Waals surface area contributed by atoms with Crippen molar-refractivity contribution in [3.05, 3.63) is 0 Å². The van der Waals surface area contributed by atoms with Gasteiger partial charge in [-0.05, 0) is 51.7 Å². The fraction of sp³-hybridized carbons (Fsp3) is 0.900. The Morgan fingerprint density at radius 3 is 2.54 bits per heavy atom. The van der Waals surface area contributed by atoms with Crippen molar-refractivity contribution in [2.45, 2.75) is 39.7 Å². The molecule has 13 heavy (non-hydrogen) atoms. The Bertz CT molecular complexity index is 176. The number of nitrogens with one attached hydrogen (secondary N) is 1. The molecular formula is C10H20N2S. The largest absolute Gasteiger partial charge is 0.363 e. The van der Waals surface area contributed by atoms with Crippen LogP contribution in [0.1, 0.15) is 33.6 Å². The van der Waals surface area contributed by atoms with Crippen LogP contribution < -0.4 is 5.32 Å². The van der Waals surface area contributed by atoms with Crippen LogP contribution in [0.2, 0.25) is 0 Å². The normalized spacial score (nSPS) is 16.0. The molecule has 76 valence electrons. The summed E-state index contributed by atoms with van der Waals surface area (Å²) in [5.74, 6) is 0.902. The third kappa shape index (κ3) is 3.51. The average molecular weight is 200 g/mol. The van der Waals surface area contributed by atoms with E-state index in [1.165, 1.54) is 12.8 Å². The van der Waals surface area contributed by atoms with Gasteiger partial charge in [0, 0.05) is 19.1 Å². The topological polar surface area (TPSA) is 15.3 Å². The van der Waals surface area contributed by atoms with Gasteiger partial charge in [0.15, 0.2) is 5.11 Å². The van der Waals surface area contributed by atoms with Crippen molar-refractivity contribution in [3.8, 4) is 0 Å². The van der Waals surface area contributed by atoms with Crippen molar-refractivity contribution in [3.63, 3.8) is 0 Å². The zero-order valence-corrected chi connectivity index (χ0v) is 9.66. The molecule has 0 aliphatic heterocycles. The number of thiocarbonyl (C=S) groups is 1. The van der Waals surface area contributed by atoms with Crippen molar-refractivity contribution in [2.75, 3.05) is 13.1 Å². The molecule has 1 saturated carbocycles. The highest BCUT2D eigenvalue weighted by atomic mass is 32.1. The second kappa shape index (κ2) is 4.80. The summed E-state index contributed by atoms with van der Waals surface area (Å²) in [5.41, 5.74) is 0. The fourth-order valence-corrected chi connectivity index (χ4v) is 1.79. The lowest BCUT2D eigenvalue weighted by atomic mass is 10.3. The van der Waals surface area contributed by atoms with Gasteiger partial charge in [-0.15, -0.1) is 0 Å².